The van der Waals surface area contributed by atoms with Crippen LogP contribution in [0.3, 0.4) is 0 Å². The topological polar surface area (TPSA) is 201 Å². The molecule has 0 unspecified atom stereocenters. The monoisotopic (exact) mass is 951 g/mol. The molecule has 2 atom stereocenters. The summed E-state index contributed by atoms with van der Waals surface area (Å²) in [5.74, 6) is -0.989. The van der Waals surface area contributed by atoms with Gasteiger partial charge in [0.25, 0.3) is 21.6 Å². The number of ether oxygens (including phenoxy) is 3. The third-order valence-electron chi connectivity index (χ3n) is 15.2. The summed E-state index contributed by atoms with van der Waals surface area (Å²) in [6.07, 6.45) is 9.28. The van der Waals surface area contributed by atoms with Crippen molar-refractivity contribution < 1.29 is 41.8 Å². The third kappa shape index (κ3) is 8.98. The highest BCUT2D eigenvalue weighted by molar-refractivity contribution is 7.90. The van der Waals surface area contributed by atoms with E-state index in [0.29, 0.717) is 49.9 Å². The molecule has 3 aromatic carbocycles. The van der Waals surface area contributed by atoms with Gasteiger partial charge < -0.3 is 34.5 Å². The molecular formula is C50H58FN7O9S. The highest BCUT2D eigenvalue weighted by Gasteiger charge is 2.50. The van der Waals surface area contributed by atoms with Crippen LogP contribution in [-0.2, 0) is 14.8 Å². The van der Waals surface area contributed by atoms with Crippen LogP contribution in [0.4, 0.5) is 21.5 Å². The van der Waals surface area contributed by atoms with Gasteiger partial charge in [0, 0.05) is 55.8 Å². The first-order valence-corrected chi connectivity index (χ1v) is 25.2. The average molecular weight is 952 g/mol. The Morgan fingerprint density at radius 1 is 1.04 bits per heavy atom. The van der Waals surface area contributed by atoms with Gasteiger partial charge in [-0.3, -0.25) is 19.8 Å². The molecule has 16 nitrogen and oxygen atoms in total. The van der Waals surface area contributed by atoms with E-state index in [1.165, 1.54) is 35.7 Å². The fraction of sp³-hybridized carbons (Fsp3) is 0.480. The Labute approximate surface area is 394 Å². The second-order valence-corrected chi connectivity index (χ2v) is 21.7. The molecule has 3 aliphatic heterocycles. The third-order valence-corrected chi connectivity index (χ3v) is 16.6. The zero-order chi connectivity index (χ0) is 47.5. The van der Waals surface area contributed by atoms with Gasteiger partial charge in [-0.2, -0.15) is 0 Å². The number of fused-ring (bicyclic) bond motifs is 2. The smallest absolute Gasteiger partial charge is 0.297 e. The summed E-state index contributed by atoms with van der Waals surface area (Å²) in [7, 11) is -4.72. The predicted molar refractivity (Wildman–Crippen MR) is 254 cm³/mol. The maximum atomic E-state index is 14.7. The van der Waals surface area contributed by atoms with Crippen molar-refractivity contribution >= 4 is 44.0 Å². The van der Waals surface area contributed by atoms with Gasteiger partial charge in [0.2, 0.25) is 0 Å². The van der Waals surface area contributed by atoms with Crippen LogP contribution < -0.4 is 24.4 Å². The number of hydrogen-bond donors (Lipinski definition) is 4. The minimum atomic E-state index is -4.72. The number of aromatic amines is 1. The number of nitro benzene ring substituents is 1. The molecule has 5 aromatic rings. The highest BCUT2D eigenvalue weighted by atomic mass is 32.2. The summed E-state index contributed by atoms with van der Waals surface area (Å²) in [6.45, 7) is 10.2. The van der Waals surface area contributed by atoms with E-state index in [1.807, 2.05) is 0 Å². The van der Waals surface area contributed by atoms with Crippen molar-refractivity contribution in [3.05, 3.63) is 106 Å². The number of morpholine rings is 1. The number of nitrogens with one attached hydrogen (secondary N) is 3. The van der Waals surface area contributed by atoms with E-state index in [9.17, 15) is 32.8 Å². The minimum Gasteiger partial charge on any atom is -0.489 e. The molecule has 0 bridgehead atoms. The van der Waals surface area contributed by atoms with E-state index in [0.717, 1.165) is 69.7 Å². The molecule has 10 rings (SSSR count). The Bertz CT molecular complexity index is 2850. The molecule has 1 spiro atoms. The normalized spacial score (nSPS) is 24.2. The van der Waals surface area contributed by atoms with Gasteiger partial charge in [0.15, 0.2) is 11.4 Å². The first-order chi connectivity index (χ1) is 32.6. The van der Waals surface area contributed by atoms with Crippen LogP contribution in [0, 0.1) is 27.3 Å². The Morgan fingerprint density at radius 2 is 1.81 bits per heavy atom. The van der Waals surface area contributed by atoms with E-state index in [-0.39, 0.29) is 63.9 Å². The lowest BCUT2D eigenvalue weighted by Gasteiger charge is -2.57. The number of carbonyl (C=O) groups excluding carboxylic acids is 1. The number of amides is 1. The second kappa shape index (κ2) is 17.9. The van der Waals surface area contributed by atoms with Crippen molar-refractivity contribution in [1.82, 2.24) is 19.6 Å². The SMILES string of the molecule is CC(C)c1ccccc1[C@H]1COCCN1C1CC2(CCN(c3ccc(C(=O)NS(=O)(=O)c4cc5c(c([N+](=O)[O-])c4)N[C@@H]([C@H]4CC[C@](C)(O)CC4)CO5)c(Oc4cnc5[nH]cc(F)c5c4)c3)CC2)C1. The molecule has 4 fully saturated rings. The summed E-state index contributed by atoms with van der Waals surface area (Å²) in [4.78, 5) is 37.2. The fourth-order valence-electron chi connectivity index (χ4n) is 11.3. The maximum Gasteiger partial charge on any atom is 0.297 e. The number of nitrogens with zero attached hydrogens (tertiary/aromatic N) is 4. The van der Waals surface area contributed by atoms with Crippen molar-refractivity contribution in [3.8, 4) is 17.2 Å². The number of piperidine rings is 1. The summed E-state index contributed by atoms with van der Waals surface area (Å²) in [6, 6.07) is 17.6. The van der Waals surface area contributed by atoms with Crippen LogP contribution in [0.1, 0.15) is 106 Å². The second-order valence-electron chi connectivity index (χ2n) is 20.1. The molecule has 2 saturated carbocycles. The standard InChI is InChI=1S/C50H58FN7O9S/c1-30(2)36-6-4-5-7-37(36)43-29-65-19-18-57(43)33-24-50(25-33)14-16-56(17-15-50)32-8-9-38(44(20-32)67-34-21-39-40(51)27-53-47(39)52-26-34)48(59)55-68(63,64)35-22-42(58(61)62)46-45(23-35)66-28-41(54-46)31-10-12-49(3,60)13-11-31/h4-9,20-23,26-27,30-31,33,41,43,54,60H,10-19,24-25,28-29H2,1-3H3,(H,52,53)(H,55,59)/t31-,41-,43-,49-/m1/s1. The molecule has 4 N–H and O–H groups in total. The summed E-state index contributed by atoms with van der Waals surface area (Å²) < 4.78 is 63.0. The highest BCUT2D eigenvalue weighted by Crippen LogP contribution is 2.53. The average Bonchev–Trinajstić information content (AvgIpc) is 3.69. The lowest BCUT2D eigenvalue weighted by molar-refractivity contribution is -0.384. The number of hydrogen-bond acceptors (Lipinski definition) is 13. The van der Waals surface area contributed by atoms with Crippen LogP contribution in [0.5, 0.6) is 17.2 Å². The summed E-state index contributed by atoms with van der Waals surface area (Å²) in [5.41, 5.74) is 2.63. The van der Waals surface area contributed by atoms with Crippen molar-refractivity contribution in [2.45, 2.75) is 107 Å². The number of carbonyl (C=O) groups is 1. The van der Waals surface area contributed by atoms with Gasteiger partial charge in [0.1, 0.15) is 29.6 Å². The molecular weight excluding hydrogens is 894 g/mol. The maximum absolute atomic E-state index is 14.7. The van der Waals surface area contributed by atoms with Crippen molar-refractivity contribution in [2.75, 3.05) is 49.7 Å². The molecule has 360 valence electrons. The van der Waals surface area contributed by atoms with Gasteiger partial charge in [-0.05, 0) is 105 Å². The van der Waals surface area contributed by atoms with E-state index >= 15 is 0 Å². The lowest BCUT2D eigenvalue weighted by Crippen LogP contribution is -2.58. The Hall–Kier alpha value is -5.82. The first-order valence-electron chi connectivity index (χ1n) is 23.7. The molecule has 5 aliphatic rings. The van der Waals surface area contributed by atoms with Crippen LogP contribution in [-0.4, -0.2) is 96.4 Å². The quantitative estimate of drug-likeness (QED) is 0.0725. The fourth-order valence-corrected chi connectivity index (χ4v) is 12.3. The van der Waals surface area contributed by atoms with Gasteiger partial charge >= 0.3 is 0 Å². The van der Waals surface area contributed by atoms with Crippen LogP contribution in [0.2, 0.25) is 0 Å². The number of benzene rings is 3. The molecule has 2 aromatic heterocycles. The molecule has 2 saturated heterocycles. The molecule has 2 aliphatic carbocycles. The predicted octanol–water partition coefficient (Wildman–Crippen LogP) is 8.58. The number of H-pyrrole nitrogens is 1. The van der Waals surface area contributed by atoms with Crippen molar-refractivity contribution in [2.24, 2.45) is 11.3 Å². The molecule has 5 heterocycles. The Kier molecular flexibility index (Phi) is 12.1. The van der Waals surface area contributed by atoms with E-state index in [2.05, 4.69) is 67.9 Å². The van der Waals surface area contributed by atoms with Crippen LogP contribution in [0.25, 0.3) is 11.0 Å². The van der Waals surface area contributed by atoms with E-state index in [1.54, 1.807) is 19.1 Å². The zero-order valence-corrected chi connectivity index (χ0v) is 39.3. The zero-order valence-electron chi connectivity index (χ0n) is 38.5. The molecule has 0 radical (unpaired) electrons. The molecule has 18 heteroatoms. The van der Waals surface area contributed by atoms with Crippen LogP contribution in [0.15, 0.2) is 78.0 Å². The van der Waals surface area contributed by atoms with Crippen molar-refractivity contribution in [1.29, 1.82) is 0 Å². The largest absolute Gasteiger partial charge is 0.489 e. The number of halogens is 1. The number of rotatable bonds is 11. The van der Waals surface area contributed by atoms with Crippen LogP contribution >= 0.6 is 0 Å². The number of aromatic nitrogens is 2. The van der Waals surface area contributed by atoms with Crippen molar-refractivity contribution in [3.63, 3.8) is 0 Å². The Morgan fingerprint density at radius 3 is 2.56 bits per heavy atom. The van der Waals surface area contributed by atoms with E-state index < -0.39 is 42.9 Å². The summed E-state index contributed by atoms with van der Waals surface area (Å²) >= 11 is 0. The first kappa shape index (κ1) is 45.9. The summed E-state index contributed by atoms with van der Waals surface area (Å²) in [5, 5.41) is 26.2. The number of sulfonamides is 1. The number of pyridine rings is 1. The van der Waals surface area contributed by atoms with Gasteiger partial charge in [-0.25, -0.2) is 22.5 Å². The number of anilines is 2. The van der Waals surface area contributed by atoms with Gasteiger partial charge in [0.05, 0.1) is 57.9 Å². The molecule has 1 amide bonds. The Balaban J connectivity index is 0.864. The number of nitro groups is 1. The minimum absolute atomic E-state index is 0.00977. The van der Waals surface area contributed by atoms with Gasteiger partial charge in [-0.1, -0.05) is 38.1 Å². The molecule has 68 heavy (non-hydrogen) atoms. The lowest BCUT2D eigenvalue weighted by atomic mass is 9.59. The number of aliphatic hydroxyl groups is 1. The van der Waals surface area contributed by atoms with E-state index in [4.69, 9.17) is 14.2 Å². The van der Waals surface area contributed by atoms with Gasteiger partial charge in [-0.15, -0.1) is 0 Å².